The molecule has 1 heterocycles. The Morgan fingerprint density at radius 3 is 2.47 bits per heavy atom. The van der Waals surface area contributed by atoms with Gasteiger partial charge in [-0.25, -0.2) is 0 Å². The van der Waals surface area contributed by atoms with Gasteiger partial charge in [0.2, 0.25) is 0 Å². The minimum absolute atomic E-state index is 0.00420. The highest BCUT2D eigenvalue weighted by molar-refractivity contribution is 5.41. The smallest absolute Gasteiger partial charge is 0.185 e. The summed E-state index contributed by atoms with van der Waals surface area (Å²) in [7, 11) is 1.94. The molecular formula is C27H32N2O5. The molecule has 34 heavy (non-hydrogen) atoms. The van der Waals surface area contributed by atoms with Gasteiger partial charge in [0.1, 0.15) is 5.75 Å². The average Bonchev–Trinajstić information content (AvgIpc) is 2.84. The molecule has 3 aromatic rings. The molecule has 1 saturated heterocycles. The number of hydrogen-bond donors (Lipinski definition) is 4. The molecule has 180 valence electrons. The van der Waals surface area contributed by atoms with E-state index in [1.807, 2.05) is 60.5 Å². The summed E-state index contributed by atoms with van der Waals surface area (Å²) in [6, 6.07) is 21.9. The van der Waals surface area contributed by atoms with Crippen LogP contribution in [0.3, 0.4) is 0 Å². The van der Waals surface area contributed by atoms with E-state index in [2.05, 4.69) is 0 Å². The molecule has 0 aromatic heterocycles. The number of anilines is 1. The van der Waals surface area contributed by atoms with Gasteiger partial charge in [-0.05, 0) is 48.0 Å². The molecule has 4 atom stereocenters. The maximum absolute atomic E-state index is 10.6. The molecular weight excluding hydrogens is 432 g/mol. The number of aliphatic hydroxyl groups is 2. The highest BCUT2D eigenvalue weighted by Crippen LogP contribution is 2.38. The highest BCUT2D eigenvalue weighted by atomic mass is 16.7. The quantitative estimate of drug-likeness (QED) is 0.377. The summed E-state index contributed by atoms with van der Waals surface area (Å²) in [6.07, 6.45) is -1.01. The lowest BCUT2D eigenvalue weighted by atomic mass is 9.99. The van der Waals surface area contributed by atoms with Gasteiger partial charge < -0.3 is 35.4 Å². The molecule has 0 saturated carbocycles. The van der Waals surface area contributed by atoms with Crippen molar-refractivity contribution in [2.45, 2.75) is 37.6 Å². The van der Waals surface area contributed by atoms with Gasteiger partial charge in [0, 0.05) is 30.8 Å². The molecule has 0 radical (unpaired) electrons. The fraction of sp³-hybridized carbons (Fsp3) is 0.333. The molecule has 0 spiro atoms. The molecule has 1 aliphatic rings. The van der Waals surface area contributed by atoms with Crippen LogP contribution < -0.4 is 5.73 Å². The van der Waals surface area contributed by atoms with E-state index in [0.29, 0.717) is 30.8 Å². The van der Waals surface area contributed by atoms with Crippen LogP contribution in [0.1, 0.15) is 47.2 Å². The minimum atomic E-state index is -0.733. The van der Waals surface area contributed by atoms with E-state index in [-0.39, 0.29) is 24.6 Å². The Morgan fingerprint density at radius 2 is 1.76 bits per heavy atom. The second-order valence-electron chi connectivity index (χ2n) is 8.85. The second kappa shape index (κ2) is 11.0. The van der Waals surface area contributed by atoms with Crippen LogP contribution in [0.15, 0.2) is 72.8 Å². The van der Waals surface area contributed by atoms with Crippen LogP contribution in [0, 0.1) is 0 Å². The van der Waals surface area contributed by atoms with Crippen molar-refractivity contribution >= 4 is 5.69 Å². The Balaban J connectivity index is 1.48. The molecule has 7 nitrogen and oxygen atoms in total. The van der Waals surface area contributed by atoms with E-state index in [1.54, 1.807) is 24.3 Å². The number of hydrogen-bond acceptors (Lipinski definition) is 7. The number of nitrogens with zero attached hydrogens (tertiary/aromatic N) is 1. The fourth-order valence-corrected chi connectivity index (χ4v) is 4.29. The molecule has 1 aliphatic heterocycles. The van der Waals surface area contributed by atoms with Crippen LogP contribution in [-0.4, -0.2) is 46.5 Å². The van der Waals surface area contributed by atoms with Crippen LogP contribution >= 0.6 is 0 Å². The number of ether oxygens (including phenoxy) is 2. The lowest BCUT2D eigenvalue weighted by molar-refractivity contribution is -0.252. The molecule has 7 heteroatoms. The molecule has 0 aliphatic carbocycles. The van der Waals surface area contributed by atoms with E-state index in [1.165, 1.54) is 0 Å². The van der Waals surface area contributed by atoms with Crippen molar-refractivity contribution < 1.29 is 24.8 Å². The van der Waals surface area contributed by atoms with Crippen LogP contribution in [0.2, 0.25) is 0 Å². The van der Waals surface area contributed by atoms with Crippen molar-refractivity contribution in [2.75, 3.05) is 25.9 Å². The van der Waals surface area contributed by atoms with E-state index in [4.69, 9.17) is 15.2 Å². The summed E-state index contributed by atoms with van der Waals surface area (Å²) in [6.45, 7) is 0.974. The Bertz CT molecular complexity index is 1070. The SMILES string of the molecule is CN(C[C@@H]1C[C@H](c2ccc(CO)cc2)OC(c2cccc(N)c2)O1)C[C@@H](O)c1cccc(O)c1. The van der Waals surface area contributed by atoms with E-state index in [0.717, 1.165) is 16.7 Å². The topological polar surface area (TPSA) is 108 Å². The zero-order valence-electron chi connectivity index (χ0n) is 19.2. The fourth-order valence-electron chi connectivity index (χ4n) is 4.29. The highest BCUT2D eigenvalue weighted by Gasteiger charge is 2.33. The third-order valence-electron chi connectivity index (χ3n) is 6.05. The minimum Gasteiger partial charge on any atom is -0.508 e. The van der Waals surface area contributed by atoms with Crippen molar-refractivity contribution in [1.29, 1.82) is 0 Å². The number of phenolic OH excluding ortho intramolecular Hbond substituents is 1. The van der Waals surface area contributed by atoms with Gasteiger partial charge in [0.05, 0.1) is 24.9 Å². The summed E-state index contributed by atoms with van der Waals surface area (Å²) >= 11 is 0. The number of aromatic hydroxyl groups is 1. The Kier molecular flexibility index (Phi) is 7.82. The molecule has 0 bridgehead atoms. The van der Waals surface area contributed by atoms with Gasteiger partial charge in [-0.3, -0.25) is 0 Å². The third kappa shape index (κ3) is 6.14. The lowest BCUT2D eigenvalue weighted by Gasteiger charge is -2.38. The maximum atomic E-state index is 10.6. The normalized spacial score (nSPS) is 21.5. The van der Waals surface area contributed by atoms with Gasteiger partial charge in [0.25, 0.3) is 0 Å². The monoisotopic (exact) mass is 464 g/mol. The maximum Gasteiger partial charge on any atom is 0.185 e. The first kappa shape index (κ1) is 24.2. The number of aliphatic hydroxyl groups excluding tert-OH is 2. The van der Waals surface area contributed by atoms with E-state index in [9.17, 15) is 15.3 Å². The van der Waals surface area contributed by atoms with Crippen LogP contribution in [0.25, 0.3) is 0 Å². The van der Waals surface area contributed by atoms with Crippen molar-refractivity contribution in [3.8, 4) is 5.75 Å². The third-order valence-corrected chi connectivity index (χ3v) is 6.05. The standard InChI is InChI=1S/C27H32N2O5/c1-29(16-25(32)20-4-3-7-23(31)13-20)15-24-14-26(19-10-8-18(17-30)9-11-19)34-27(33-24)21-5-2-6-22(28)12-21/h2-13,24-27,30-32H,14-17,28H2,1H3/t24-,25+,26+,27?/m0/s1. The number of likely N-dealkylation sites (N-methyl/N-ethyl adjacent to an activating group) is 1. The first-order valence-corrected chi connectivity index (χ1v) is 11.4. The first-order chi connectivity index (χ1) is 16.4. The Hall–Kier alpha value is -2.94. The molecule has 5 N–H and O–H groups in total. The van der Waals surface area contributed by atoms with Crippen LogP contribution in [0.5, 0.6) is 5.75 Å². The number of nitrogens with two attached hydrogens (primary N) is 1. The predicted molar refractivity (Wildman–Crippen MR) is 130 cm³/mol. The van der Waals surface area contributed by atoms with Crippen molar-refractivity contribution in [3.63, 3.8) is 0 Å². The Morgan fingerprint density at radius 1 is 1.00 bits per heavy atom. The largest absolute Gasteiger partial charge is 0.508 e. The lowest BCUT2D eigenvalue weighted by Crippen LogP contribution is -2.39. The first-order valence-electron chi connectivity index (χ1n) is 11.4. The molecule has 0 amide bonds. The Labute approximate surface area is 200 Å². The summed E-state index contributed by atoms with van der Waals surface area (Å²) < 4.78 is 12.6. The predicted octanol–water partition coefficient (Wildman–Crippen LogP) is 3.68. The number of rotatable bonds is 8. The van der Waals surface area contributed by atoms with Crippen LogP contribution in [-0.2, 0) is 16.1 Å². The summed E-state index contributed by atoms with van der Waals surface area (Å²) in [5.41, 5.74) is 10.0. The van der Waals surface area contributed by atoms with Crippen molar-refractivity contribution in [3.05, 3.63) is 95.1 Å². The van der Waals surface area contributed by atoms with Crippen LogP contribution in [0.4, 0.5) is 5.69 Å². The second-order valence-corrected chi connectivity index (χ2v) is 8.85. The molecule has 1 fully saturated rings. The number of phenols is 1. The zero-order chi connectivity index (χ0) is 24.1. The summed E-state index contributed by atoms with van der Waals surface area (Å²) in [4.78, 5) is 2.02. The van der Waals surface area contributed by atoms with Gasteiger partial charge in [-0.15, -0.1) is 0 Å². The average molecular weight is 465 g/mol. The number of nitrogen functional groups attached to an aromatic ring is 1. The van der Waals surface area contributed by atoms with Gasteiger partial charge in [-0.2, -0.15) is 0 Å². The van der Waals surface area contributed by atoms with E-state index < -0.39 is 12.4 Å². The van der Waals surface area contributed by atoms with Gasteiger partial charge in [0.15, 0.2) is 6.29 Å². The number of benzene rings is 3. The van der Waals surface area contributed by atoms with E-state index >= 15 is 0 Å². The molecule has 1 unspecified atom stereocenters. The van der Waals surface area contributed by atoms with Gasteiger partial charge >= 0.3 is 0 Å². The van der Waals surface area contributed by atoms with Crippen molar-refractivity contribution in [2.24, 2.45) is 0 Å². The summed E-state index contributed by atoms with van der Waals surface area (Å²) in [5, 5.41) is 29.7. The zero-order valence-corrected chi connectivity index (χ0v) is 19.2. The van der Waals surface area contributed by atoms with Crippen molar-refractivity contribution in [1.82, 2.24) is 4.90 Å². The molecule has 3 aromatic carbocycles. The molecule has 4 rings (SSSR count). The van der Waals surface area contributed by atoms with Gasteiger partial charge in [-0.1, -0.05) is 48.5 Å². The summed E-state index contributed by atoms with van der Waals surface area (Å²) in [5.74, 6) is 0.131.